The van der Waals surface area contributed by atoms with Gasteiger partial charge in [-0.05, 0) is 51.8 Å². The van der Waals surface area contributed by atoms with Gasteiger partial charge in [0.2, 0.25) is 0 Å². The fraction of sp³-hybridized carbons (Fsp3) is 0.619. The minimum absolute atomic E-state index is 0.0326. The van der Waals surface area contributed by atoms with Crippen LogP contribution in [0.1, 0.15) is 72.5 Å². The third-order valence-corrected chi connectivity index (χ3v) is 3.97. The SMILES string of the molecule is CCCCCC(=O)OCC(C=Cc1ccco1)(CC)NC(=O)OC(C)(C)C. The van der Waals surface area contributed by atoms with Crippen LogP contribution in [0.4, 0.5) is 4.79 Å². The van der Waals surface area contributed by atoms with Gasteiger partial charge in [-0.3, -0.25) is 4.79 Å². The van der Waals surface area contributed by atoms with Crippen LogP contribution in [0.25, 0.3) is 6.08 Å². The average molecular weight is 379 g/mol. The average Bonchev–Trinajstić information content (AvgIpc) is 3.09. The highest BCUT2D eigenvalue weighted by atomic mass is 16.6. The van der Waals surface area contributed by atoms with E-state index in [0.717, 1.165) is 19.3 Å². The maximum atomic E-state index is 12.3. The summed E-state index contributed by atoms with van der Waals surface area (Å²) in [6, 6.07) is 3.59. The Morgan fingerprint density at radius 1 is 1.22 bits per heavy atom. The Balaban J connectivity index is 2.85. The summed E-state index contributed by atoms with van der Waals surface area (Å²) in [7, 11) is 0. The predicted octanol–water partition coefficient (Wildman–Crippen LogP) is 5.09. The van der Waals surface area contributed by atoms with Gasteiger partial charge in [0.15, 0.2) is 0 Å². The number of amides is 1. The molecule has 0 spiro atoms. The Bertz CT molecular complexity index is 601. The van der Waals surface area contributed by atoms with Crippen LogP contribution in [-0.4, -0.2) is 29.8 Å². The highest BCUT2D eigenvalue weighted by Gasteiger charge is 2.31. The quantitative estimate of drug-likeness (QED) is 0.452. The first-order chi connectivity index (χ1) is 12.7. The van der Waals surface area contributed by atoms with E-state index in [1.807, 2.05) is 6.92 Å². The van der Waals surface area contributed by atoms with Crippen LogP contribution in [-0.2, 0) is 14.3 Å². The highest BCUT2D eigenvalue weighted by molar-refractivity contribution is 5.71. The lowest BCUT2D eigenvalue weighted by atomic mass is 9.96. The van der Waals surface area contributed by atoms with Gasteiger partial charge in [-0.15, -0.1) is 0 Å². The molecule has 1 amide bonds. The number of alkyl carbamates (subject to hydrolysis) is 1. The molecule has 6 nitrogen and oxygen atoms in total. The Kier molecular flexibility index (Phi) is 9.12. The molecule has 1 unspecified atom stereocenters. The summed E-state index contributed by atoms with van der Waals surface area (Å²) in [6.07, 6.45) is 8.28. The summed E-state index contributed by atoms with van der Waals surface area (Å²) in [5.74, 6) is 0.381. The molecule has 27 heavy (non-hydrogen) atoms. The summed E-state index contributed by atoms with van der Waals surface area (Å²) in [5.41, 5.74) is -1.50. The summed E-state index contributed by atoms with van der Waals surface area (Å²) in [5, 5.41) is 2.85. The lowest BCUT2D eigenvalue weighted by molar-refractivity contribution is -0.145. The van der Waals surface area contributed by atoms with Gasteiger partial charge in [0, 0.05) is 6.42 Å². The van der Waals surface area contributed by atoms with Crippen molar-refractivity contribution in [2.45, 2.75) is 77.9 Å². The number of ether oxygens (including phenoxy) is 2. The zero-order chi connectivity index (χ0) is 20.3. The van der Waals surface area contributed by atoms with Gasteiger partial charge in [0.1, 0.15) is 18.0 Å². The normalized spacial score (nSPS) is 14.0. The molecule has 1 atom stereocenters. The first kappa shape index (κ1) is 22.8. The molecule has 1 aromatic heterocycles. The fourth-order valence-corrected chi connectivity index (χ4v) is 2.37. The molecule has 0 radical (unpaired) electrons. The van der Waals surface area contributed by atoms with Crippen LogP contribution in [0.2, 0.25) is 0 Å². The summed E-state index contributed by atoms with van der Waals surface area (Å²) >= 11 is 0. The summed E-state index contributed by atoms with van der Waals surface area (Å²) < 4.78 is 16.1. The molecule has 0 aliphatic heterocycles. The molecular weight excluding hydrogens is 346 g/mol. The van der Waals surface area contributed by atoms with Crippen molar-refractivity contribution in [3.8, 4) is 0 Å². The van der Waals surface area contributed by atoms with Gasteiger partial charge >= 0.3 is 12.1 Å². The maximum Gasteiger partial charge on any atom is 0.408 e. The zero-order valence-corrected chi connectivity index (χ0v) is 17.2. The number of esters is 1. The minimum atomic E-state index is -0.879. The summed E-state index contributed by atoms with van der Waals surface area (Å²) in [6.45, 7) is 9.42. The molecule has 0 fully saturated rings. The monoisotopic (exact) mass is 379 g/mol. The molecule has 0 saturated carbocycles. The van der Waals surface area contributed by atoms with Crippen molar-refractivity contribution in [1.29, 1.82) is 0 Å². The molecule has 0 saturated heterocycles. The van der Waals surface area contributed by atoms with E-state index in [-0.39, 0.29) is 12.6 Å². The third kappa shape index (κ3) is 9.31. The van der Waals surface area contributed by atoms with E-state index in [4.69, 9.17) is 13.9 Å². The van der Waals surface area contributed by atoms with Crippen LogP contribution in [0.15, 0.2) is 28.9 Å². The molecule has 1 heterocycles. The molecular formula is C21H33NO5. The topological polar surface area (TPSA) is 77.8 Å². The second-order valence-electron chi connectivity index (χ2n) is 7.60. The highest BCUT2D eigenvalue weighted by Crippen LogP contribution is 2.18. The number of nitrogens with one attached hydrogen (secondary N) is 1. The second-order valence-corrected chi connectivity index (χ2v) is 7.60. The van der Waals surface area contributed by atoms with Crippen molar-refractivity contribution in [2.24, 2.45) is 0 Å². The van der Waals surface area contributed by atoms with Crippen molar-refractivity contribution in [3.63, 3.8) is 0 Å². The number of rotatable bonds is 10. The van der Waals surface area contributed by atoms with Crippen molar-refractivity contribution >= 4 is 18.1 Å². The molecule has 1 rings (SSSR count). The Hall–Kier alpha value is -2.24. The van der Waals surface area contributed by atoms with Gasteiger partial charge in [-0.2, -0.15) is 0 Å². The van der Waals surface area contributed by atoms with E-state index in [2.05, 4.69) is 12.2 Å². The second kappa shape index (κ2) is 10.8. The number of carbonyl (C=O) groups is 2. The first-order valence-corrected chi connectivity index (χ1v) is 9.59. The number of carbonyl (C=O) groups excluding carboxylic acids is 2. The molecule has 0 bridgehead atoms. The predicted molar refractivity (Wildman–Crippen MR) is 105 cm³/mol. The lowest BCUT2D eigenvalue weighted by Gasteiger charge is -2.31. The smallest absolute Gasteiger partial charge is 0.408 e. The largest absolute Gasteiger partial charge is 0.465 e. The van der Waals surface area contributed by atoms with Crippen LogP contribution >= 0.6 is 0 Å². The molecule has 0 aliphatic carbocycles. The number of unbranched alkanes of at least 4 members (excludes halogenated alkanes) is 2. The van der Waals surface area contributed by atoms with Crippen molar-refractivity contribution in [2.75, 3.05) is 6.61 Å². The number of hydrogen-bond donors (Lipinski definition) is 1. The molecule has 152 valence electrons. The third-order valence-electron chi connectivity index (χ3n) is 3.97. The van der Waals surface area contributed by atoms with E-state index < -0.39 is 17.2 Å². The van der Waals surface area contributed by atoms with E-state index in [9.17, 15) is 9.59 Å². The van der Waals surface area contributed by atoms with E-state index >= 15 is 0 Å². The van der Waals surface area contributed by atoms with E-state index in [1.165, 1.54) is 0 Å². The van der Waals surface area contributed by atoms with Crippen LogP contribution in [0, 0.1) is 0 Å². The fourth-order valence-electron chi connectivity index (χ4n) is 2.37. The Morgan fingerprint density at radius 3 is 2.52 bits per heavy atom. The number of furan rings is 1. The Morgan fingerprint density at radius 2 is 1.96 bits per heavy atom. The molecule has 6 heteroatoms. The standard InChI is InChI=1S/C21H33NO5/c1-6-8-9-12-18(23)26-16-21(7-2,14-13-17-11-10-15-25-17)22-19(24)27-20(3,4)5/h10-11,13-15H,6-9,12,16H2,1-5H3,(H,22,24). The molecule has 1 aromatic rings. The summed E-state index contributed by atoms with van der Waals surface area (Å²) in [4.78, 5) is 24.3. The van der Waals surface area contributed by atoms with Gasteiger partial charge in [-0.25, -0.2) is 4.79 Å². The minimum Gasteiger partial charge on any atom is -0.465 e. The molecule has 1 N–H and O–H groups in total. The molecule has 0 aliphatic rings. The van der Waals surface area contributed by atoms with Gasteiger partial charge in [0.25, 0.3) is 0 Å². The van der Waals surface area contributed by atoms with Crippen molar-refractivity contribution < 1.29 is 23.5 Å². The van der Waals surface area contributed by atoms with Gasteiger partial charge < -0.3 is 19.2 Å². The van der Waals surface area contributed by atoms with Crippen molar-refractivity contribution in [1.82, 2.24) is 5.32 Å². The van der Waals surface area contributed by atoms with Crippen LogP contribution in [0.3, 0.4) is 0 Å². The van der Waals surface area contributed by atoms with Gasteiger partial charge in [-0.1, -0.05) is 32.8 Å². The maximum absolute atomic E-state index is 12.3. The van der Waals surface area contributed by atoms with Crippen LogP contribution < -0.4 is 5.32 Å². The molecule has 0 aromatic carbocycles. The first-order valence-electron chi connectivity index (χ1n) is 9.59. The van der Waals surface area contributed by atoms with Gasteiger partial charge in [0.05, 0.1) is 11.8 Å². The van der Waals surface area contributed by atoms with E-state index in [0.29, 0.717) is 18.6 Å². The number of hydrogen-bond acceptors (Lipinski definition) is 5. The zero-order valence-electron chi connectivity index (χ0n) is 17.2. The Labute approximate surface area is 162 Å². The van der Waals surface area contributed by atoms with Crippen molar-refractivity contribution in [3.05, 3.63) is 30.2 Å². The van der Waals surface area contributed by atoms with Crippen LogP contribution in [0.5, 0.6) is 0 Å². The van der Waals surface area contributed by atoms with E-state index in [1.54, 1.807) is 51.3 Å². The lowest BCUT2D eigenvalue weighted by Crippen LogP contribution is -2.51.